The molecule has 0 aromatic heterocycles. The van der Waals surface area contributed by atoms with E-state index in [1.54, 1.807) is 12.0 Å². The average molecular weight is 557 g/mol. The largest absolute Gasteiger partial charge is 0.497 e. The Kier molecular flexibility index (Phi) is 9.12. The Labute approximate surface area is 242 Å². The molecule has 2 aliphatic rings. The van der Waals surface area contributed by atoms with E-state index in [0.29, 0.717) is 30.6 Å². The van der Waals surface area contributed by atoms with Crippen molar-refractivity contribution in [3.63, 3.8) is 0 Å². The van der Waals surface area contributed by atoms with Gasteiger partial charge in [-0.2, -0.15) is 0 Å². The van der Waals surface area contributed by atoms with Crippen molar-refractivity contribution >= 4 is 17.6 Å². The Bertz CT molecular complexity index is 1330. The number of amides is 1. The van der Waals surface area contributed by atoms with Gasteiger partial charge in [-0.05, 0) is 78.8 Å². The molecule has 216 valence electrons. The van der Waals surface area contributed by atoms with Crippen LogP contribution in [0, 0.1) is 11.8 Å². The summed E-state index contributed by atoms with van der Waals surface area (Å²) in [5, 5.41) is 9.37. The number of hydrogen-bond acceptors (Lipinski definition) is 5. The lowest BCUT2D eigenvalue weighted by Gasteiger charge is -2.35. The van der Waals surface area contributed by atoms with E-state index in [-0.39, 0.29) is 18.2 Å². The molecule has 0 spiro atoms. The highest BCUT2D eigenvalue weighted by Crippen LogP contribution is 2.45. The molecule has 7 nitrogen and oxygen atoms in total. The molecule has 1 saturated heterocycles. The molecule has 1 unspecified atom stereocenters. The third-order valence-electron chi connectivity index (χ3n) is 8.36. The highest BCUT2D eigenvalue weighted by Gasteiger charge is 2.34. The summed E-state index contributed by atoms with van der Waals surface area (Å²) in [5.41, 5.74) is 3.75. The second kappa shape index (κ2) is 13.1. The van der Waals surface area contributed by atoms with Crippen LogP contribution in [0.15, 0.2) is 72.8 Å². The van der Waals surface area contributed by atoms with Crippen molar-refractivity contribution in [1.29, 1.82) is 0 Å². The molecule has 2 fully saturated rings. The summed E-state index contributed by atoms with van der Waals surface area (Å²) in [5.74, 6) is 1.72. The fraction of sp³-hybridized carbons (Fsp3) is 0.412. The molecule has 3 aromatic carbocycles. The minimum absolute atomic E-state index is 0.00996. The van der Waals surface area contributed by atoms with E-state index in [1.807, 2.05) is 79.8 Å². The van der Waals surface area contributed by atoms with Crippen LogP contribution in [0.25, 0.3) is 0 Å². The van der Waals surface area contributed by atoms with Crippen molar-refractivity contribution in [2.24, 2.45) is 11.8 Å². The monoisotopic (exact) mass is 556 g/mol. The standard InChI is InChI=1S/C34H40N2O5/c1-35(22-24-7-4-3-5-8-24)34(39)30-14-13-28(40-2)20-32(30)36-17-15-25(16-18-36)23-41-29-10-6-9-27(19-29)31(21-33(37)38)26-11-12-26/h3-10,13-14,19-20,25-26,31H,11-12,15-18,21-23H2,1-2H3,(H,37,38). The maximum Gasteiger partial charge on any atom is 0.303 e. The van der Waals surface area contributed by atoms with Crippen LogP contribution in [0.3, 0.4) is 0 Å². The number of carboxylic acids is 1. The molecule has 41 heavy (non-hydrogen) atoms. The summed E-state index contributed by atoms with van der Waals surface area (Å²) >= 11 is 0. The number of piperidine rings is 1. The highest BCUT2D eigenvalue weighted by atomic mass is 16.5. The molecule has 0 bridgehead atoms. The van der Waals surface area contributed by atoms with E-state index in [2.05, 4.69) is 4.90 Å². The number of anilines is 1. The Morgan fingerprint density at radius 3 is 2.39 bits per heavy atom. The van der Waals surface area contributed by atoms with Crippen molar-refractivity contribution < 1.29 is 24.2 Å². The first-order chi connectivity index (χ1) is 19.9. The number of rotatable bonds is 12. The first kappa shape index (κ1) is 28.5. The molecule has 1 N–H and O–H groups in total. The van der Waals surface area contributed by atoms with Gasteiger partial charge in [-0.25, -0.2) is 0 Å². The zero-order valence-electron chi connectivity index (χ0n) is 24.0. The molecule has 1 atom stereocenters. The van der Waals surface area contributed by atoms with Gasteiger partial charge in [0.25, 0.3) is 5.91 Å². The Morgan fingerprint density at radius 2 is 1.71 bits per heavy atom. The van der Waals surface area contributed by atoms with Gasteiger partial charge in [-0.15, -0.1) is 0 Å². The van der Waals surface area contributed by atoms with Crippen LogP contribution in [-0.4, -0.2) is 55.7 Å². The van der Waals surface area contributed by atoms with E-state index in [0.717, 1.165) is 67.1 Å². The molecule has 0 radical (unpaired) electrons. The molecule has 5 rings (SSSR count). The summed E-state index contributed by atoms with van der Waals surface area (Å²) in [6.07, 6.45) is 4.28. The molecule has 1 amide bonds. The number of carbonyl (C=O) groups excluding carboxylic acids is 1. The van der Waals surface area contributed by atoms with Gasteiger partial charge >= 0.3 is 5.97 Å². The van der Waals surface area contributed by atoms with Crippen LogP contribution in [0.4, 0.5) is 5.69 Å². The lowest BCUT2D eigenvalue weighted by molar-refractivity contribution is -0.137. The minimum atomic E-state index is -0.747. The quantitative estimate of drug-likeness (QED) is 0.285. The zero-order valence-corrected chi connectivity index (χ0v) is 24.0. The number of aliphatic carboxylic acids is 1. The number of nitrogens with zero attached hydrogens (tertiary/aromatic N) is 2. The van der Waals surface area contributed by atoms with Gasteiger partial charge in [0.1, 0.15) is 11.5 Å². The normalized spacial score (nSPS) is 16.2. The van der Waals surface area contributed by atoms with Gasteiger partial charge < -0.3 is 24.4 Å². The van der Waals surface area contributed by atoms with Crippen LogP contribution in [0.2, 0.25) is 0 Å². The van der Waals surface area contributed by atoms with E-state index in [4.69, 9.17) is 9.47 Å². The second-order valence-electron chi connectivity index (χ2n) is 11.4. The SMILES string of the molecule is COc1ccc(C(=O)N(C)Cc2ccccc2)c(N2CCC(COc3cccc(C(CC(=O)O)C4CC4)c3)CC2)c1. The lowest BCUT2D eigenvalue weighted by Crippen LogP contribution is -2.37. The van der Waals surface area contributed by atoms with Crippen LogP contribution < -0.4 is 14.4 Å². The predicted octanol–water partition coefficient (Wildman–Crippen LogP) is 6.23. The average Bonchev–Trinajstić information content (AvgIpc) is 3.84. The van der Waals surface area contributed by atoms with Crippen LogP contribution in [0.1, 0.15) is 59.5 Å². The zero-order chi connectivity index (χ0) is 28.8. The number of ether oxygens (including phenoxy) is 2. The molecular weight excluding hydrogens is 516 g/mol. The van der Waals surface area contributed by atoms with Crippen molar-refractivity contribution in [1.82, 2.24) is 4.90 Å². The van der Waals surface area contributed by atoms with Gasteiger partial charge in [0.05, 0.1) is 31.4 Å². The molecule has 1 heterocycles. The summed E-state index contributed by atoms with van der Waals surface area (Å²) in [7, 11) is 3.49. The third-order valence-corrected chi connectivity index (χ3v) is 8.36. The summed E-state index contributed by atoms with van der Waals surface area (Å²) in [4.78, 5) is 29.0. The Hall–Kier alpha value is -4.00. The fourth-order valence-electron chi connectivity index (χ4n) is 5.85. The molecule has 1 saturated carbocycles. The van der Waals surface area contributed by atoms with Crippen molar-refractivity contribution in [2.75, 3.05) is 38.8 Å². The Balaban J connectivity index is 1.20. The smallest absolute Gasteiger partial charge is 0.303 e. The lowest BCUT2D eigenvalue weighted by atomic mass is 9.91. The van der Waals surface area contributed by atoms with Crippen LogP contribution in [-0.2, 0) is 11.3 Å². The molecule has 1 aliphatic heterocycles. The van der Waals surface area contributed by atoms with Crippen molar-refractivity contribution in [3.05, 3.63) is 89.5 Å². The highest BCUT2D eigenvalue weighted by molar-refractivity contribution is 6.00. The number of methoxy groups -OCH3 is 1. The summed E-state index contributed by atoms with van der Waals surface area (Å²) in [6, 6.07) is 23.7. The number of benzene rings is 3. The number of carboxylic acid groups (broad SMARTS) is 1. The first-order valence-corrected chi connectivity index (χ1v) is 14.6. The van der Waals surface area contributed by atoms with Gasteiger partial charge in [0.2, 0.25) is 0 Å². The maximum absolute atomic E-state index is 13.5. The van der Waals surface area contributed by atoms with Crippen molar-refractivity contribution in [2.45, 2.75) is 44.6 Å². The summed E-state index contributed by atoms with van der Waals surface area (Å²) in [6.45, 7) is 2.82. The second-order valence-corrected chi connectivity index (χ2v) is 11.4. The van der Waals surface area contributed by atoms with Crippen LogP contribution in [0.5, 0.6) is 11.5 Å². The number of hydrogen-bond donors (Lipinski definition) is 1. The maximum atomic E-state index is 13.5. The van der Waals surface area contributed by atoms with E-state index in [1.165, 1.54) is 0 Å². The molecule has 1 aliphatic carbocycles. The fourth-order valence-corrected chi connectivity index (χ4v) is 5.85. The summed E-state index contributed by atoms with van der Waals surface area (Å²) < 4.78 is 11.7. The molecule has 7 heteroatoms. The van der Waals surface area contributed by atoms with Crippen molar-refractivity contribution in [3.8, 4) is 11.5 Å². The van der Waals surface area contributed by atoms with E-state index >= 15 is 0 Å². The van der Waals surface area contributed by atoms with Gasteiger partial charge in [0, 0.05) is 32.7 Å². The van der Waals surface area contributed by atoms with Gasteiger partial charge in [-0.3, -0.25) is 9.59 Å². The molecular formula is C34H40N2O5. The van der Waals surface area contributed by atoms with Crippen LogP contribution >= 0.6 is 0 Å². The molecule has 3 aromatic rings. The van der Waals surface area contributed by atoms with Gasteiger partial charge in [-0.1, -0.05) is 42.5 Å². The van der Waals surface area contributed by atoms with E-state index in [9.17, 15) is 14.7 Å². The topological polar surface area (TPSA) is 79.3 Å². The van der Waals surface area contributed by atoms with E-state index < -0.39 is 5.97 Å². The Morgan fingerprint density at radius 1 is 0.951 bits per heavy atom. The van der Waals surface area contributed by atoms with Gasteiger partial charge in [0.15, 0.2) is 0 Å². The first-order valence-electron chi connectivity index (χ1n) is 14.6. The predicted molar refractivity (Wildman–Crippen MR) is 160 cm³/mol. The minimum Gasteiger partial charge on any atom is -0.497 e. The third kappa shape index (κ3) is 7.40. The number of carbonyl (C=O) groups is 2.